The molecule has 0 aliphatic carbocycles. The molecule has 0 saturated carbocycles. The van der Waals surface area contributed by atoms with Crippen molar-refractivity contribution in [2.45, 2.75) is 31.4 Å². The summed E-state index contributed by atoms with van der Waals surface area (Å²) < 4.78 is 46.1. The van der Waals surface area contributed by atoms with Crippen LogP contribution in [0.25, 0.3) is 5.78 Å². The Kier molecular flexibility index (Phi) is 5.31. The summed E-state index contributed by atoms with van der Waals surface area (Å²) in [5.74, 6) is 0.429. The number of halogens is 3. The number of amides is 1. The zero-order valence-electron chi connectivity index (χ0n) is 16.3. The fourth-order valence-electron chi connectivity index (χ4n) is 3.74. The summed E-state index contributed by atoms with van der Waals surface area (Å²) in [6.07, 6.45) is -2.17. The maximum atomic E-state index is 13.4. The van der Waals surface area contributed by atoms with Crippen molar-refractivity contribution in [2.24, 2.45) is 0 Å². The van der Waals surface area contributed by atoms with Gasteiger partial charge in [-0.05, 0) is 36.6 Å². The SMILES string of the molecule is COc1cccc(CC(=O)N2CCC(c3cc(C(F)(F)F)n4ncnc4n3)CC2)c1. The molecule has 3 heterocycles. The molecule has 0 radical (unpaired) electrons. The van der Waals surface area contributed by atoms with Gasteiger partial charge in [0.2, 0.25) is 5.91 Å². The highest BCUT2D eigenvalue weighted by atomic mass is 19.4. The first-order valence-corrected chi connectivity index (χ1v) is 9.53. The van der Waals surface area contributed by atoms with Crippen LogP contribution in [-0.2, 0) is 17.4 Å². The molecule has 0 unspecified atom stereocenters. The second-order valence-corrected chi connectivity index (χ2v) is 7.22. The Morgan fingerprint density at radius 2 is 2.00 bits per heavy atom. The van der Waals surface area contributed by atoms with Gasteiger partial charge in [0, 0.05) is 24.7 Å². The van der Waals surface area contributed by atoms with E-state index in [1.54, 1.807) is 12.0 Å². The topological polar surface area (TPSA) is 72.6 Å². The fraction of sp³-hybridized carbons (Fsp3) is 0.400. The molecule has 30 heavy (non-hydrogen) atoms. The number of methoxy groups -OCH3 is 1. The smallest absolute Gasteiger partial charge is 0.433 e. The highest BCUT2D eigenvalue weighted by molar-refractivity contribution is 5.79. The molecular weight excluding hydrogens is 399 g/mol. The third-order valence-corrected chi connectivity index (χ3v) is 5.32. The number of ether oxygens (including phenoxy) is 1. The number of carbonyl (C=O) groups is 1. The molecule has 1 fully saturated rings. The number of hydrogen-bond acceptors (Lipinski definition) is 5. The number of carbonyl (C=O) groups excluding carboxylic acids is 1. The standard InChI is InChI=1S/C20H20F3N5O2/c1-30-15-4-2-3-13(9-15)10-18(29)27-7-5-14(6-8-27)16-11-17(20(21,22)23)28-19(26-16)24-12-25-28/h2-4,9,11-12,14H,5-8,10H2,1H3. The third-order valence-electron chi connectivity index (χ3n) is 5.32. The van der Waals surface area contributed by atoms with E-state index in [0.29, 0.717) is 41.9 Å². The van der Waals surface area contributed by atoms with Crippen LogP contribution in [0.4, 0.5) is 13.2 Å². The highest BCUT2D eigenvalue weighted by Crippen LogP contribution is 2.33. The minimum absolute atomic E-state index is 0.0152. The molecule has 1 aliphatic heterocycles. The molecule has 1 aromatic carbocycles. The molecule has 0 bridgehead atoms. The molecule has 4 rings (SSSR count). The maximum Gasteiger partial charge on any atom is 0.433 e. The maximum absolute atomic E-state index is 13.4. The van der Waals surface area contributed by atoms with Crippen LogP contribution >= 0.6 is 0 Å². The summed E-state index contributed by atoms with van der Waals surface area (Å²) >= 11 is 0. The van der Waals surface area contributed by atoms with Crippen LogP contribution in [-0.4, -0.2) is 50.6 Å². The molecule has 0 spiro atoms. The average molecular weight is 419 g/mol. The zero-order valence-corrected chi connectivity index (χ0v) is 16.3. The number of nitrogens with zero attached hydrogens (tertiary/aromatic N) is 5. The normalized spacial score (nSPS) is 15.5. The van der Waals surface area contributed by atoms with Gasteiger partial charge >= 0.3 is 6.18 Å². The number of likely N-dealkylation sites (tertiary alicyclic amines) is 1. The van der Waals surface area contributed by atoms with Crippen molar-refractivity contribution in [2.75, 3.05) is 20.2 Å². The van der Waals surface area contributed by atoms with Crippen molar-refractivity contribution in [3.05, 3.63) is 53.6 Å². The molecule has 1 aliphatic rings. The molecule has 7 nitrogen and oxygen atoms in total. The molecule has 0 N–H and O–H groups in total. The van der Waals surface area contributed by atoms with Gasteiger partial charge in [-0.3, -0.25) is 4.79 Å². The Hall–Kier alpha value is -3.17. The number of rotatable bonds is 4. The van der Waals surface area contributed by atoms with E-state index in [-0.39, 0.29) is 24.0 Å². The Balaban J connectivity index is 1.45. The van der Waals surface area contributed by atoms with Gasteiger partial charge in [-0.15, -0.1) is 0 Å². The van der Waals surface area contributed by atoms with Crippen molar-refractivity contribution in [1.29, 1.82) is 0 Å². The zero-order chi connectivity index (χ0) is 21.3. The number of hydrogen-bond donors (Lipinski definition) is 0. The van der Waals surface area contributed by atoms with Crippen LogP contribution < -0.4 is 4.74 Å². The number of alkyl halides is 3. The lowest BCUT2D eigenvalue weighted by Gasteiger charge is -2.32. The van der Waals surface area contributed by atoms with Crippen LogP contribution in [0.3, 0.4) is 0 Å². The first-order chi connectivity index (χ1) is 14.3. The van der Waals surface area contributed by atoms with E-state index in [4.69, 9.17) is 4.74 Å². The minimum atomic E-state index is -4.56. The summed E-state index contributed by atoms with van der Waals surface area (Å²) in [5, 5.41) is 3.62. The summed E-state index contributed by atoms with van der Waals surface area (Å²) in [7, 11) is 1.57. The summed E-state index contributed by atoms with van der Waals surface area (Å²) in [6.45, 7) is 0.933. The number of aromatic nitrogens is 4. The molecule has 2 aromatic heterocycles. The molecule has 3 aromatic rings. The van der Waals surface area contributed by atoms with Crippen molar-refractivity contribution < 1.29 is 22.7 Å². The Morgan fingerprint density at radius 3 is 2.70 bits per heavy atom. The quantitative estimate of drug-likeness (QED) is 0.650. The van der Waals surface area contributed by atoms with E-state index >= 15 is 0 Å². The van der Waals surface area contributed by atoms with E-state index in [2.05, 4.69) is 15.1 Å². The second-order valence-electron chi connectivity index (χ2n) is 7.22. The highest BCUT2D eigenvalue weighted by Gasteiger charge is 2.36. The van der Waals surface area contributed by atoms with Crippen LogP contribution in [0, 0.1) is 0 Å². The fourth-order valence-corrected chi connectivity index (χ4v) is 3.74. The van der Waals surface area contributed by atoms with Gasteiger partial charge in [0.25, 0.3) is 5.78 Å². The number of fused-ring (bicyclic) bond motifs is 1. The van der Waals surface area contributed by atoms with E-state index < -0.39 is 11.9 Å². The lowest BCUT2D eigenvalue weighted by Crippen LogP contribution is -2.39. The van der Waals surface area contributed by atoms with E-state index in [1.165, 1.54) is 0 Å². The van der Waals surface area contributed by atoms with Crippen LogP contribution in [0.5, 0.6) is 5.75 Å². The van der Waals surface area contributed by atoms with Gasteiger partial charge in [-0.2, -0.15) is 27.8 Å². The molecule has 158 valence electrons. The van der Waals surface area contributed by atoms with Gasteiger partial charge in [0.15, 0.2) is 5.69 Å². The van der Waals surface area contributed by atoms with Crippen LogP contribution in [0.1, 0.15) is 35.7 Å². The molecule has 1 amide bonds. The van der Waals surface area contributed by atoms with Crippen LogP contribution in [0.2, 0.25) is 0 Å². The lowest BCUT2D eigenvalue weighted by molar-refractivity contribution is -0.142. The minimum Gasteiger partial charge on any atom is -0.497 e. The Bertz CT molecular complexity index is 1060. The van der Waals surface area contributed by atoms with E-state index in [1.807, 2.05) is 24.3 Å². The lowest BCUT2D eigenvalue weighted by atomic mass is 9.92. The Morgan fingerprint density at radius 1 is 1.23 bits per heavy atom. The molecule has 0 atom stereocenters. The number of piperidine rings is 1. The first kappa shape index (κ1) is 20.1. The van der Waals surface area contributed by atoms with Gasteiger partial charge in [-0.25, -0.2) is 4.98 Å². The monoisotopic (exact) mass is 419 g/mol. The summed E-state index contributed by atoms with van der Waals surface area (Å²) in [4.78, 5) is 22.5. The van der Waals surface area contributed by atoms with Crippen LogP contribution in [0.15, 0.2) is 36.7 Å². The summed E-state index contributed by atoms with van der Waals surface area (Å²) in [6, 6.07) is 8.37. The van der Waals surface area contributed by atoms with E-state index in [9.17, 15) is 18.0 Å². The average Bonchev–Trinajstić information content (AvgIpc) is 3.21. The third kappa shape index (κ3) is 4.07. The molecule has 1 saturated heterocycles. The van der Waals surface area contributed by atoms with Crippen molar-refractivity contribution in [3.8, 4) is 5.75 Å². The Labute approximate surface area is 170 Å². The summed E-state index contributed by atoms with van der Waals surface area (Å²) in [5.41, 5.74) is 0.300. The second kappa shape index (κ2) is 7.92. The largest absolute Gasteiger partial charge is 0.497 e. The number of benzene rings is 1. The van der Waals surface area contributed by atoms with E-state index in [0.717, 1.165) is 18.0 Å². The predicted molar refractivity (Wildman–Crippen MR) is 101 cm³/mol. The predicted octanol–water partition coefficient (Wildman–Crippen LogP) is 3.10. The van der Waals surface area contributed by atoms with Gasteiger partial charge in [0.05, 0.1) is 13.5 Å². The van der Waals surface area contributed by atoms with Crippen molar-refractivity contribution >= 4 is 11.7 Å². The van der Waals surface area contributed by atoms with Crippen molar-refractivity contribution in [3.63, 3.8) is 0 Å². The van der Waals surface area contributed by atoms with Gasteiger partial charge in [0.1, 0.15) is 12.1 Å². The van der Waals surface area contributed by atoms with Crippen molar-refractivity contribution in [1.82, 2.24) is 24.5 Å². The first-order valence-electron chi connectivity index (χ1n) is 9.53. The molecule has 10 heteroatoms. The molecular formula is C20H20F3N5O2. The van der Waals surface area contributed by atoms with Gasteiger partial charge < -0.3 is 9.64 Å². The van der Waals surface area contributed by atoms with Gasteiger partial charge in [-0.1, -0.05) is 12.1 Å².